The number of hydrogen-bond donors (Lipinski definition) is 2. The fourth-order valence-corrected chi connectivity index (χ4v) is 5.98. The topological polar surface area (TPSA) is 110 Å². The lowest BCUT2D eigenvalue weighted by atomic mass is 9.99. The van der Waals surface area contributed by atoms with E-state index in [1.54, 1.807) is 0 Å². The third kappa shape index (κ3) is 5.61. The smallest absolute Gasteiger partial charge is 0.247 e. The second-order valence-electron chi connectivity index (χ2n) is 11.5. The molecule has 4 aromatic rings. The maximum Gasteiger partial charge on any atom is 0.247 e. The Morgan fingerprint density at radius 1 is 0.952 bits per heavy atom. The number of nitrogens with zero attached hydrogens (tertiary/aromatic N) is 5. The van der Waals surface area contributed by atoms with Gasteiger partial charge < -0.3 is 29.6 Å². The van der Waals surface area contributed by atoms with E-state index in [1.165, 1.54) is 0 Å². The molecule has 2 atom stereocenters. The van der Waals surface area contributed by atoms with E-state index in [-0.39, 0.29) is 18.0 Å². The van der Waals surface area contributed by atoms with Crippen LogP contribution in [0.1, 0.15) is 57.9 Å². The van der Waals surface area contributed by atoms with Crippen molar-refractivity contribution in [2.45, 2.75) is 63.4 Å². The Hall–Kier alpha value is -3.51. The minimum absolute atomic E-state index is 0.00335. The summed E-state index contributed by atoms with van der Waals surface area (Å²) < 4.78 is 27.5. The monoisotopic (exact) mass is 573 g/mol. The van der Waals surface area contributed by atoms with Crippen molar-refractivity contribution < 1.29 is 18.9 Å². The van der Waals surface area contributed by atoms with Gasteiger partial charge in [0, 0.05) is 29.9 Å². The van der Waals surface area contributed by atoms with Crippen molar-refractivity contribution in [3.8, 4) is 17.1 Å². The van der Waals surface area contributed by atoms with Crippen LogP contribution in [-0.4, -0.2) is 69.7 Å². The van der Waals surface area contributed by atoms with Crippen LogP contribution in [0.25, 0.3) is 22.3 Å². The summed E-state index contributed by atoms with van der Waals surface area (Å²) >= 11 is 0. The lowest BCUT2D eigenvalue weighted by Gasteiger charge is -2.41. The van der Waals surface area contributed by atoms with Crippen LogP contribution in [0.3, 0.4) is 0 Å². The summed E-state index contributed by atoms with van der Waals surface area (Å²) in [6, 6.07) is 14.3. The molecule has 2 aromatic carbocycles. The second kappa shape index (κ2) is 12.0. The summed E-state index contributed by atoms with van der Waals surface area (Å²) in [6.07, 6.45) is 8.08. The van der Waals surface area contributed by atoms with Crippen LogP contribution >= 0.6 is 0 Å². The van der Waals surface area contributed by atoms with Crippen molar-refractivity contribution >= 4 is 22.5 Å². The summed E-state index contributed by atoms with van der Waals surface area (Å²) in [4.78, 5) is 4.92. The zero-order chi connectivity index (χ0) is 28.4. The van der Waals surface area contributed by atoms with Crippen LogP contribution in [0.4, 0.5) is 11.6 Å². The molecule has 11 heteroatoms. The summed E-state index contributed by atoms with van der Waals surface area (Å²) in [6.45, 7) is 6.40. The average Bonchev–Trinajstić information content (AvgIpc) is 3.64. The minimum Gasteiger partial charge on any atom is -0.491 e. The molecule has 2 unspecified atom stereocenters. The molecule has 7 rings (SSSR count). The quantitative estimate of drug-likeness (QED) is 0.265. The molecule has 0 saturated carbocycles. The Kier molecular flexibility index (Phi) is 7.81. The highest BCUT2D eigenvalue weighted by Crippen LogP contribution is 2.32. The fourth-order valence-electron chi connectivity index (χ4n) is 5.98. The van der Waals surface area contributed by atoms with E-state index in [0.717, 1.165) is 92.0 Å². The van der Waals surface area contributed by atoms with Crippen molar-refractivity contribution in [1.29, 1.82) is 0 Å². The van der Waals surface area contributed by atoms with Crippen molar-refractivity contribution in [1.82, 2.24) is 29.9 Å². The molecule has 3 aliphatic heterocycles. The number of likely N-dealkylation sites (N-methyl/N-ethyl adjacent to an activating group) is 1. The van der Waals surface area contributed by atoms with Crippen molar-refractivity contribution in [2.75, 3.05) is 44.9 Å². The number of anilines is 2. The van der Waals surface area contributed by atoms with E-state index in [9.17, 15) is 0 Å². The average molecular weight is 574 g/mol. The van der Waals surface area contributed by atoms with Gasteiger partial charge in [0.25, 0.3) is 0 Å². The van der Waals surface area contributed by atoms with Gasteiger partial charge in [0.2, 0.25) is 5.95 Å². The predicted octanol–water partition coefficient (Wildman–Crippen LogP) is 5.19. The van der Waals surface area contributed by atoms with Gasteiger partial charge in [-0.2, -0.15) is 10.1 Å². The molecule has 0 bridgehead atoms. The second-order valence-corrected chi connectivity index (χ2v) is 11.5. The molecule has 3 aliphatic rings. The Morgan fingerprint density at radius 3 is 2.38 bits per heavy atom. The molecule has 11 nitrogen and oxygen atoms in total. The standard InChI is InChI=1S/C31H39N7O4/c1-2-32-31(19-39-20-31)21-42-25-12-9-22(10-13-25)29-35-30(36-38(29)28-8-4-6-16-41-28)34-24-11-14-26-23(17-24)18-33-37(26)27-7-3-5-15-40-27/h9-14,17-18,27-28,32H,2-8,15-16,19-21H2,1H3,(H,34,36). The van der Waals surface area contributed by atoms with E-state index in [4.69, 9.17) is 29.0 Å². The Labute approximate surface area is 245 Å². The number of fused-ring (bicyclic) bond motifs is 1. The maximum atomic E-state index is 6.13. The van der Waals surface area contributed by atoms with Gasteiger partial charge in [-0.3, -0.25) is 0 Å². The Morgan fingerprint density at radius 2 is 1.71 bits per heavy atom. The number of aromatic nitrogens is 5. The Balaban J connectivity index is 1.11. The Bertz CT molecular complexity index is 1480. The van der Waals surface area contributed by atoms with Gasteiger partial charge in [-0.1, -0.05) is 6.92 Å². The number of hydrogen-bond acceptors (Lipinski definition) is 9. The predicted molar refractivity (Wildman–Crippen MR) is 159 cm³/mol. The van der Waals surface area contributed by atoms with E-state index in [2.05, 4.69) is 34.8 Å². The first-order valence-electron chi connectivity index (χ1n) is 15.2. The van der Waals surface area contributed by atoms with Gasteiger partial charge in [0.15, 0.2) is 18.3 Å². The van der Waals surface area contributed by atoms with Crippen molar-refractivity contribution in [2.24, 2.45) is 0 Å². The van der Waals surface area contributed by atoms with E-state index < -0.39 is 0 Å². The van der Waals surface area contributed by atoms with Gasteiger partial charge in [-0.05, 0) is 87.5 Å². The van der Waals surface area contributed by atoms with E-state index in [1.807, 2.05) is 45.9 Å². The van der Waals surface area contributed by atoms with Crippen LogP contribution in [0.2, 0.25) is 0 Å². The SMILES string of the molecule is CCNC1(COc2ccc(-c3nc(Nc4ccc5c(cnn5C5CCCCO5)c4)nn3C3CCCCO3)cc2)COC1. The normalized spacial score (nSPS) is 22.1. The molecule has 0 amide bonds. The minimum atomic E-state index is -0.150. The molecule has 2 aromatic heterocycles. The van der Waals surface area contributed by atoms with E-state index in [0.29, 0.717) is 25.8 Å². The lowest BCUT2D eigenvalue weighted by molar-refractivity contribution is -0.0918. The van der Waals surface area contributed by atoms with Gasteiger partial charge in [-0.25, -0.2) is 9.36 Å². The fraction of sp³-hybridized carbons (Fsp3) is 0.516. The molecule has 5 heterocycles. The van der Waals surface area contributed by atoms with Crippen LogP contribution < -0.4 is 15.4 Å². The zero-order valence-electron chi connectivity index (χ0n) is 24.1. The third-order valence-corrected chi connectivity index (χ3v) is 8.28. The van der Waals surface area contributed by atoms with Crippen LogP contribution in [-0.2, 0) is 14.2 Å². The van der Waals surface area contributed by atoms with Crippen LogP contribution in [0.15, 0.2) is 48.7 Å². The first-order valence-corrected chi connectivity index (χ1v) is 15.2. The molecule has 2 N–H and O–H groups in total. The molecule has 42 heavy (non-hydrogen) atoms. The number of rotatable bonds is 10. The number of nitrogens with one attached hydrogen (secondary N) is 2. The molecule has 222 valence electrons. The molecular weight excluding hydrogens is 534 g/mol. The zero-order valence-corrected chi connectivity index (χ0v) is 24.1. The molecular formula is C31H39N7O4. The summed E-state index contributed by atoms with van der Waals surface area (Å²) in [5, 5.41) is 17.5. The van der Waals surface area contributed by atoms with Gasteiger partial charge in [0.05, 0.1) is 30.5 Å². The summed E-state index contributed by atoms with van der Waals surface area (Å²) in [5.41, 5.74) is 2.82. The molecule has 0 aliphatic carbocycles. The molecule has 3 saturated heterocycles. The first-order chi connectivity index (χ1) is 20.7. The highest BCUT2D eigenvalue weighted by Gasteiger charge is 2.38. The largest absolute Gasteiger partial charge is 0.491 e. The summed E-state index contributed by atoms with van der Waals surface area (Å²) in [7, 11) is 0. The van der Waals surface area contributed by atoms with Gasteiger partial charge in [0.1, 0.15) is 12.4 Å². The molecule has 0 radical (unpaired) electrons. The third-order valence-electron chi connectivity index (χ3n) is 8.28. The van der Waals surface area contributed by atoms with Crippen LogP contribution in [0.5, 0.6) is 5.75 Å². The van der Waals surface area contributed by atoms with Crippen molar-refractivity contribution in [3.05, 3.63) is 48.7 Å². The van der Waals surface area contributed by atoms with Gasteiger partial charge in [-0.15, -0.1) is 5.10 Å². The maximum absolute atomic E-state index is 6.13. The number of ether oxygens (including phenoxy) is 4. The van der Waals surface area contributed by atoms with Crippen molar-refractivity contribution in [3.63, 3.8) is 0 Å². The van der Waals surface area contributed by atoms with E-state index >= 15 is 0 Å². The first kappa shape index (κ1) is 27.3. The van der Waals surface area contributed by atoms with Gasteiger partial charge >= 0.3 is 0 Å². The highest BCUT2D eigenvalue weighted by molar-refractivity contribution is 5.83. The highest BCUT2D eigenvalue weighted by atomic mass is 16.5. The van der Waals surface area contributed by atoms with Crippen LogP contribution in [0, 0.1) is 0 Å². The lowest BCUT2D eigenvalue weighted by Crippen LogP contribution is -2.63. The summed E-state index contributed by atoms with van der Waals surface area (Å²) in [5.74, 6) is 2.10. The molecule has 0 spiro atoms. The molecule has 3 fully saturated rings. The number of benzene rings is 2.